The third-order valence-corrected chi connectivity index (χ3v) is 4.57. The van der Waals surface area contributed by atoms with Crippen LogP contribution in [0.1, 0.15) is 60.9 Å². The number of carbonyl (C=O) groups is 1. The van der Waals surface area contributed by atoms with Crippen LogP contribution in [0.2, 0.25) is 0 Å². The molecule has 1 fully saturated rings. The molecule has 0 radical (unpaired) electrons. The van der Waals surface area contributed by atoms with Gasteiger partial charge in [0.25, 0.3) is 0 Å². The van der Waals surface area contributed by atoms with E-state index in [0.29, 0.717) is 24.6 Å². The van der Waals surface area contributed by atoms with Crippen LogP contribution in [0.25, 0.3) is 0 Å². The lowest BCUT2D eigenvalue weighted by atomic mass is 9.78. The highest BCUT2D eigenvalue weighted by Crippen LogP contribution is 2.33. The van der Waals surface area contributed by atoms with Gasteiger partial charge < -0.3 is 19.9 Å². The summed E-state index contributed by atoms with van der Waals surface area (Å²) in [6.07, 6.45) is 5.01. The van der Waals surface area contributed by atoms with E-state index in [1.807, 2.05) is 0 Å². The molecule has 1 aromatic rings. The maximum absolute atomic E-state index is 10.9. The average molecular weight is 295 g/mol. The third kappa shape index (κ3) is 4.08. The zero-order valence-corrected chi connectivity index (χ0v) is 12.8. The number of rotatable bonds is 6. The van der Waals surface area contributed by atoms with Crippen LogP contribution >= 0.6 is 0 Å². The highest BCUT2D eigenvalue weighted by atomic mass is 16.4. The second-order valence-electron chi connectivity index (χ2n) is 6.17. The molecule has 0 saturated heterocycles. The Bertz CT molecular complexity index is 486. The molecule has 0 bridgehead atoms. The van der Waals surface area contributed by atoms with Crippen LogP contribution in [0.15, 0.2) is 10.5 Å². The number of furan rings is 1. The second-order valence-corrected chi connectivity index (χ2v) is 6.17. The summed E-state index contributed by atoms with van der Waals surface area (Å²) in [6, 6.07) is 1.54. The Morgan fingerprint density at radius 3 is 2.67 bits per heavy atom. The maximum atomic E-state index is 10.9. The van der Waals surface area contributed by atoms with Gasteiger partial charge in [-0.05, 0) is 44.6 Å². The molecule has 1 aliphatic rings. The van der Waals surface area contributed by atoms with E-state index in [2.05, 4.69) is 12.2 Å². The fourth-order valence-corrected chi connectivity index (χ4v) is 3.06. The van der Waals surface area contributed by atoms with Gasteiger partial charge in [-0.3, -0.25) is 0 Å². The largest absolute Gasteiger partial charge is 0.478 e. The molecule has 0 aliphatic heterocycles. The third-order valence-electron chi connectivity index (χ3n) is 4.57. The first-order valence-corrected chi connectivity index (χ1v) is 7.69. The van der Waals surface area contributed by atoms with Crippen LogP contribution in [0.5, 0.6) is 0 Å². The lowest BCUT2D eigenvalue weighted by Crippen LogP contribution is -2.43. The zero-order valence-electron chi connectivity index (χ0n) is 12.8. The summed E-state index contributed by atoms with van der Waals surface area (Å²) in [7, 11) is 0. The Kier molecular flexibility index (Phi) is 5.06. The van der Waals surface area contributed by atoms with Crippen molar-refractivity contribution in [2.75, 3.05) is 6.54 Å². The molecule has 1 saturated carbocycles. The van der Waals surface area contributed by atoms with Crippen molar-refractivity contribution in [3.63, 3.8) is 0 Å². The van der Waals surface area contributed by atoms with Crippen LogP contribution in [0.4, 0.5) is 0 Å². The van der Waals surface area contributed by atoms with E-state index >= 15 is 0 Å². The first-order valence-electron chi connectivity index (χ1n) is 7.69. The molecule has 1 aliphatic carbocycles. The molecule has 118 valence electrons. The Morgan fingerprint density at radius 2 is 2.14 bits per heavy atom. The molecule has 2 rings (SSSR count). The van der Waals surface area contributed by atoms with Gasteiger partial charge in [0.05, 0.1) is 12.1 Å². The van der Waals surface area contributed by atoms with Crippen LogP contribution in [-0.2, 0) is 6.54 Å². The molecule has 0 atom stereocenters. The summed E-state index contributed by atoms with van der Waals surface area (Å²) < 4.78 is 5.41. The number of aromatic carboxylic acids is 1. The first kappa shape index (κ1) is 16.0. The number of carboxylic acids is 1. The van der Waals surface area contributed by atoms with Crippen LogP contribution in [-0.4, -0.2) is 28.3 Å². The molecule has 5 heteroatoms. The summed E-state index contributed by atoms with van der Waals surface area (Å²) in [6.45, 7) is 4.80. The highest BCUT2D eigenvalue weighted by Gasteiger charge is 2.32. The summed E-state index contributed by atoms with van der Waals surface area (Å²) >= 11 is 0. The van der Waals surface area contributed by atoms with Gasteiger partial charge in [0.15, 0.2) is 0 Å². The van der Waals surface area contributed by atoms with Crippen molar-refractivity contribution in [1.82, 2.24) is 5.32 Å². The van der Waals surface area contributed by atoms with Gasteiger partial charge in [-0.25, -0.2) is 4.79 Å². The standard InChI is InChI=1S/C16H25NO4/c1-3-12-4-6-16(20,7-5-12)10-17-9-13-8-14(15(18)19)11(2)21-13/h8,12,17,20H,3-7,9-10H2,1-2H3,(H,18,19). The van der Waals surface area contributed by atoms with E-state index in [1.54, 1.807) is 13.0 Å². The normalized spacial score (nSPS) is 26.0. The van der Waals surface area contributed by atoms with Gasteiger partial charge in [0, 0.05) is 6.54 Å². The number of aryl methyl sites for hydroxylation is 1. The fourth-order valence-electron chi connectivity index (χ4n) is 3.06. The summed E-state index contributed by atoms with van der Waals surface area (Å²) in [5.74, 6) is 0.785. The van der Waals surface area contributed by atoms with Gasteiger partial charge in [-0.2, -0.15) is 0 Å². The number of aliphatic hydroxyl groups is 1. The average Bonchev–Trinajstić information content (AvgIpc) is 2.81. The van der Waals surface area contributed by atoms with Crippen molar-refractivity contribution < 1.29 is 19.4 Å². The Morgan fingerprint density at radius 1 is 1.48 bits per heavy atom. The SMILES string of the molecule is CCC1CCC(O)(CNCc2cc(C(=O)O)c(C)o2)CC1. The number of hydrogen-bond donors (Lipinski definition) is 3. The summed E-state index contributed by atoms with van der Waals surface area (Å²) in [4.78, 5) is 10.9. The number of hydrogen-bond acceptors (Lipinski definition) is 4. The van der Waals surface area contributed by atoms with E-state index in [4.69, 9.17) is 9.52 Å². The number of carboxylic acid groups (broad SMARTS) is 1. The van der Waals surface area contributed by atoms with Crippen LogP contribution in [0, 0.1) is 12.8 Å². The molecule has 0 spiro atoms. The Hall–Kier alpha value is -1.33. The van der Waals surface area contributed by atoms with Crippen LogP contribution < -0.4 is 5.32 Å². The first-order chi connectivity index (χ1) is 9.93. The van der Waals surface area contributed by atoms with Gasteiger partial charge in [-0.1, -0.05) is 13.3 Å². The minimum atomic E-state index is -0.973. The van der Waals surface area contributed by atoms with E-state index in [-0.39, 0.29) is 5.56 Å². The molecule has 3 N–H and O–H groups in total. The predicted octanol–water partition coefficient (Wildman–Crippen LogP) is 2.71. The van der Waals surface area contributed by atoms with E-state index < -0.39 is 11.6 Å². The van der Waals surface area contributed by atoms with Crippen LogP contribution in [0.3, 0.4) is 0 Å². The molecule has 5 nitrogen and oxygen atoms in total. The minimum absolute atomic E-state index is 0.203. The molecule has 0 amide bonds. The Balaban J connectivity index is 1.81. The van der Waals surface area contributed by atoms with Crippen molar-refractivity contribution in [3.8, 4) is 0 Å². The molecule has 0 unspecified atom stereocenters. The van der Waals surface area contributed by atoms with Crippen molar-refractivity contribution in [3.05, 3.63) is 23.2 Å². The quantitative estimate of drug-likeness (QED) is 0.751. The van der Waals surface area contributed by atoms with Crippen molar-refractivity contribution >= 4 is 5.97 Å². The topological polar surface area (TPSA) is 82.7 Å². The van der Waals surface area contributed by atoms with E-state index in [1.165, 1.54) is 6.42 Å². The van der Waals surface area contributed by atoms with Gasteiger partial charge in [0.1, 0.15) is 17.1 Å². The smallest absolute Gasteiger partial charge is 0.339 e. The lowest BCUT2D eigenvalue weighted by molar-refractivity contribution is -0.00907. The maximum Gasteiger partial charge on any atom is 0.339 e. The fraction of sp³-hybridized carbons (Fsp3) is 0.688. The summed E-state index contributed by atoms with van der Waals surface area (Å²) in [5, 5.41) is 22.7. The van der Waals surface area contributed by atoms with E-state index in [0.717, 1.165) is 31.6 Å². The highest BCUT2D eigenvalue weighted by molar-refractivity contribution is 5.88. The zero-order chi connectivity index (χ0) is 15.5. The van der Waals surface area contributed by atoms with Crippen molar-refractivity contribution in [2.24, 2.45) is 5.92 Å². The van der Waals surface area contributed by atoms with Crippen molar-refractivity contribution in [2.45, 2.75) is 58.1 Å². The van der Waals surface area contributed by atoms with Gasteiger partial charge >= 0.3 is 5.97 Å². The van der Waals surface area contributed by atoms with Crippen molar-refractivity contribution in [1.29, 1.82) is 0 Å². The lowest BCUT2D eigenvalue weighted by Gasteiger charge is -2.35. The van der Waals surface area contributed by atoms with Gasteiger partial charge in [-0.15, -0.1) is 0 Å². The number of nitrogens with one attached hydrogen (secondary N) is 1. The van der Waals surface area contributed by atoms with E-state index in [9.17, 15) is 9.90 Å². The predicted molar refractivity (Wildman–Crippen MR) is 79.3 cm³/mol. The molecule has 1 heterocycles. The monoisotopic (exact) mass is 295 g/mol. The Labute approximate surface area is 125 Å². The molecule has 0 aromatic carbocycles. The van der Waals surface area contributed by atoms with Gasteiger partial charge in [0.2, 0.25) is 0 Å². The molecular formula is C16H25NO4. The summed E-state index contributed by atoms with van der Waals surface area (Å²) in [5.41, 5.74) is -0.433. The molecule has 1 aromatic heterocycles. The second kappa shape index (κ2) is 6.62. The molecule has 21 heavy (non-hydrogen) atoms. The minimum Gasteiger partial charge on any atom is -0.478 e. The molecular weight excluding hydrogens is 270 g/mol.